The van der Waals surface area contributed by atoms with Crippen molar-refractivity contribution < 1.29 is 9.72 Å². The molecule has 0 bridgehead atoms. The van der Waals surface area contributed by atoms with Crippen molar-refractivity contribution in [3.05, 3.63) is 39.4 Å². The molecular weight excluding hydrogens is 246 g/mol. The van der Waals surface area contributed by atoms with Gasteiger partial charge in [-0.25, -0.2) is 0 Å². The summed E-state index contributed by atoms with van der Waals surface area (Å²) in [7, 11) is 0. The van der Waals surface area contributed by atoms with Gasteiger partial charge in [-0.15, -0.1) is 0 Å². The Morgan fingerprint density at radius 3 is 2.68 bits per heavy atom. The number of nitriles is 1. The van der Waals surface area contributed by atoms with Crippen LogP contribution in [-0.4, -0.2) is 17.4 Å². The molecule has 0 saturated heterocycles. The molecule has 1 aromatic carbocycles. The molecular formula is C13H15N3O3. The van der Waals surface area contributed by atoms with Gasteiger partial charge in [0.2, 0.25) is 0 Å². The molecule has 0 aliphatic rings. The lowest BCUT2D eigenvalue weighted by Crippen LogP contribution is -2.33. The van der Waals surface area contributed by atoms with E-state index in [4.69, 9.17) is 5.26 Å². The van der Waals surface area contributed by atoms with E-state index in [1.807, 2.05) is 0 Å². The van der Waals surface area contributed by atoms with Crippen molar-refractivity contribution in [1.82, 2.24) is 5.32 Å². The molecule has 100 valence electrons. The lowest BCUT2D eigenvalue weighted by molar-refractivity contribution is -0.384. The second-order valence-electron chi connectivity index (χ2n) is 4.93. The Hall–Kier alpha value is -2.42. The van der Waals surface area contributed by atoms with E-state index in [-0.39, 0.29) is 17.8 Å². The molecule has 0 atom stereocenters. The van der Waals surface area contributed by atoms with Gasteiger partial charge in [-0.05, 0) is 26.3 Å². The first-order chi connectivity index (χ1) is 8.76. The highest BCUT2D eigenvalue weighted by molar-refractivity contribution is 5.96. The number of nitrogens with one attached hydrogen (secondary N) is 1. The lowest BCUT2D eigenvalue weighted by atomic mass is 9.96. The molecule has 1 rings (SSSR count). The van der Waals surface area contributed by atoms with Crippen LogP contribution in [0.3, 0.4) is 0 Å². The van der Waals surface area contributed by atoms with Crippen LogP contribution in [0, 0.1) is 33.8 Å². The van der Waals surface area contributed by atoms with Gasteiger partial charge in [-0.3, -0.25) is 14.9 Å². The quantitative estimate of drug-likeness (QED) is 0.663. The topological polar surface area (TPSA) is 96.0 Å². The highest BCUT2D eigenvalue weighted by Gasteiger charge is 2.20. The summed E-state index contributed by atoms with van der Waals surface area (Å²) in [6, 6.07) is 6.19. The molecule has 19 heavy (non-hydrogen) atoms. The monoisotopic (exact) mass is 261 g/mol. The largest absolute Gasteiger partial charge is 0.350 e. The van der Waals surface area contributed by atoms with Crippen LogP contribution in [-0.2, 0) is 0 Å². The van der Waals surface area contributed by atoms with Crippen molar-refractivity contribution >= 4 is 11.6 Å². The van der Waals surface area contributed by atoms with Gasteiger partial charge in [-0.1, -0.05) is 6.07 Å². The van der Waals surface area contributed by atoms with E-state index in [9.17, 15) is 14.9 Å². The first-order valence-corrected chi connectivity index (χ1v) is 5.71. The standard InChI is InChI=1S/C13H15N3O3/c1-9-4-5-10(16(18)19)6-11(9)12(17)15-8-13(2,3)7-14/h4-6H,8H2,1-3H3,(H,15,17). The molecule has 0 spiro atoms. The minimum atomic E-state index is -0.676. The highest BCUT2D eigenvalue weighted by atomic mass is 16.6. The van der Waals surface area contributed by atoms with E-state index in [0.29, 0.717) is 5.56 Å². The number of hydrogen-bond donors (Lipinski definition) is 1. The summed E-state index contributed by atoms with van der Waals surface area (Å²) in [6.07, 6.45) is 0. The predicted octanol–water partition coefficient (Wildman–Crippen LogP) is 2.18. The zero-order valence-corrected chi connectivity index (χ0v) is 11.1. The molecule has 1 aromatic rings. The Balaban J connectivity index is 2.91. The minimum absolute atomic E-state index is 0.129. The van der Waals surface area contributed by atoms with Gasteiger partial charge in [-0.2, -0.15) is 5.26 Å². The second-order valence-corrected chi connectivity index (χ2v) is 4.93. The summed E-state index contributed by atoms with van der Waals surface area (Å²) < 4.78 is 0. The molecule has 0 heterocycles. The van der Waals surface area contributed by atoms with Crippen molar-refractivity contribution in [2.45, 2.75) is 20.8 Å². The molecule has 1 N–H and O–H groups in total. The number of amides is 1. The summed E-state index contributed by atoms with van der Waals surface area (Å²) in [4.78, 5) is 22.1. The van der Waals surface area contributed by atoms with Crippen molar-refractivity contribution in [3.63, 3.8) is 0 Å². The Morgan fingerprint density at radius 1 is 1.53 bits per heavy atom. The molecule has 0 radical (unpaired) electrons. The first-order valence-electron chi connectivity index (χ1n) is 5.71. The van der Waals surface area contributed by atoms with Gasteiger partial charge in [0.05, 0.1) is 16.4 Å². The number of non-ortho nitro benzene ring substituents is 1. The van der Waals surface area contributed by atoms with Crippen LogP contribution in [0.15, 0.2) is 18.2 Å². The summed E-state index contributed by atoms with van der Waals surface area (Å²) >= 11 is 0. The first kappa shape index (κ1) is 14.6. The lowest BCUT2D eigenvalue weighted by Gasteiger charge is -2.16. The van der Waals surface area contributed by atoms with E-state index >= 15 is 0 Å². The second kappa shape index (κ2) is 5.48. The molecule has 1 amide bonds. The van der Waals surface area contributed by atoms with Gasteiger partial charge in [0.25, 0.3) is 11.6 Å². The molecule has 0 aliphatic heterocycles. The van der Waals surface area contributed by atoms with Crippen molar-refractivity contribution in [3.8, 4) is 6.07 Å². The van der Waals surface area contributed by atoms with E-state index < -0.39 is 16.2 Å². The third-order valence-corrected chi connectivity index (χ3v) is 2.67. The van der Waals surface area contributed by atoms with Crippen molar-refractivity contribution in [1.29, 1.82) is 5.26 Å². The average Bonchev–Trinajstić information content (AvgIpc) is 2.36. The molecule has 6 nitrogen and oxygen atoms in total. The highest BCUT2D eigenvalue weighted by Crippen LogP contribution is 2.18. The SMILES string of the molecule is Cc1ccc([N+](=O)[O-])cc1C(=O)NCC(C)(C)C#N. The number of benzene rings is 1. The summed E-state index contributed by atoms with van der Waals surface area (Å²) in [5.74, 6) is -0.412. The van der Waals surface area contributed by atoms with E-state index in [0.717, 1.165) is 0 Å². The number of nitro groups is 1. The molecule has 0 aromatic heterocycles. The van der Waals surface area contributed by atoms with Crippen LogP contribution < -0.4 is 5.32 Å². The van der Waals surface area contributed by atoms with Crippen LogP contribution in [0.2, 0.25) is 0 Å². The molecule has 0 saturated carbocycles. The molecule has 0 fully saturated rings. The fourth-order valence-electron chi connectivity index (χ4n) is 1.40. The minimum Gasteiger partial charge on any atom is -0.350 e. The number of carbonyl (C=O) groups excluding carboxylic acids is 1. The van der Waals surface area contributed by atoms with E-state index in [1.54, 1.807) is 20.8 Å². The fourth-order valence-corrected chi connectivity index (χ4v) is 1.40. The van der Waals surface area contributed by atoms with Crippen LogP contribution in [0.25, 0.3) is 0 Å². The Kier molecular flexibility index (Phi) is 4.22. The third-order valence-electron chi connectivity index (χ3n) is 2.67. The average molecular weight is 261 g/mol. The van der Waals surface area contributed by atoms with Crippen LogP contribution in [0.1, 0.15) is 29.8 Å². The Bertz CT molecular complexity index is 559. The van der Waals surface area contributed by atoms with E-state index in [2.05, 4.69) is 11.4 Å². The van der Waals surface area contributed by atoms with Crippen LogP contribution >= 0.6 is 0 Å². The van der Waals surface area contributed by atoms with Crippen molar-refractivity contribution in [2.24, 2.45) is 5.41 Å². The Labute approximate surface area is 111 Å². The molecule has 0 unspecified atom stereocenters. The summed E-state index contributed by atoms with van der Waals surface area (Å²) in [5, 5.41) is 22.2. The fraction of sp³-hybridized carbons (Fsp3) is 0.385. The maximum atomic E-state index is 12.0. The van der Waals surface area contributed by atoms with Crippen LogP contribution in [0.4, 0.5) is 5.69 Å². The normalized spacial score (nSPS) is 10.6. The molecule has 0 aliphatic carbocycles. The van der Waals surface area contributed by atoms with Gasteiger partial charge in [0.1, 0.15) is 0 Å². The predicted molar refractivity (Wildman–Crippen MR) is 69.6 cm³/mol. The van der Waals surface area contributed by atoms with E-state index in [1.165, 1.54) is 18.2 Å². The zero-order chi connectivity index (χ0) is 14.6. The Morgan fingerprint density at radius 2 is 2.16 bits per heavy atom. The van der Waals surface area contributed by atoms with Gasteiger partial charge in [0.15, 0.2) is 0 Å². The third kappa shape index (κ3) is 3.78. The summed E-state index contributed by atoms with van der Waals surface area (Å²) in [6.45, 7) is 5.29. The maximum absolute atomic E-state index is 12.0. The van der Waals surface area contributed by atoms with Gasteiger partial charge >= 0.3 is 0 Å². The number of nitrogens with zero attached hydrogens (tertiary/aromatic N) is 2. The van der Waals surface area contributed by atoms with Crippen LogP contribution in [0.5, 0.6) is 0 Å². The van der Waals surface area contributed by atoms with Gasteiger partial charge in [0, 0.05) is 24.2 Å². The summed E-state index contributed by atoms with van der Waals surface area (Å²) in [5.41, 5.74) is 0.0979. The smallest absolute Gasteiger partial charge is 0.270 e. The van der Waals surface area contributed by atoms with Gasteiger partial charge < -0.3 is 5.32 Å². The number of nitro benzene ring substituents is 1. The molecule has 6 heteroatoms. The number of rotatable bonds is 4. The van der Waals surface area contributed by atoms with Crippen molar-refractivity contribution in [2.75, 3.05) is 6.54 Å². The zero-order valence-electron chi connectivity index (χ0n) is 11.1. The maximum Gasteiger partial charge on any atom is 0.270 e. The number of aryl methyl sites for hydroxylation is 1. The number of carbonyl (C=O) groups is 1. The number of hydrogen-bond acceptors (Lipinski definition) is 4.